The van der Waals surface area contributed by atoms with Crippen molar-refractivity contribution in [1.82, 2.24) is 19.4 Å². The molecule has 6 heteroatoms. The second-order valence-corrected chi connectivity index (χ2v) is 7.37. The Hall–Kier alpha value is -2.02. The topological polar surface area (TPSA) is 43.2 Å². The van der Waals surface area contributed by atoms with Crippen LogP contribution < -0.4 is 0 Å². The maximum atomic E-state index is 5.88. The molecular weight excluding hydrogens is 332 g/mol. The molecule has 1 aliphatic rings. The van der Waals surface area contributed by atoms with Gasteiger partial charge in [-0.25, -0.2) is 4.98 Å². The summed E-state index contributed by atoms with van der Waals surface area (Å²) in [5.74, 6) is 1.14. The van der Waals surface area contributed by atoms with Gasteiger partial charge in [0.05, 0.1) is 31.1 Å². The molecular formula is C19H22N4OS. The Balaban J connectivity index is 1.39. The standard InChI is InChI=1S/C19H22N4OS/c1-15-19-21-11-17(14-24-13-16-4-6-20-7-5-16)23(19)9-8-22(15)12-18-3-2-10-25-18/h2-7,10-11,15H,8-9,12-14H2,1H3. The van der Waals surface area contributed by atoms with Crippen molar-refractivity contribution >= 4 is 11.3 Å². The van der Waals surface area contributed by atoms with E-state index in [0.717, 1.165) is 36.7 Å². The second kappa shape index (κ2) is 7.47. The maximum absolute atomic E-state index is 5.88. The summed E-state index contributed by atoms with van der Waals surface area (Å²) < 4.78 is 8.20. The van der Waals surface area contributed by atoms with Gasteiger partial charge in [-0.1, -0.05) is 6.07 Å². The highest BCUT2D eigenvalue weighted by Gasteiger charge is 2.27. The van der Waals surface area contributed by atoms with Crippen LogP contribution in [0.15, 0.2) is 48.2 Å². The number of fused-ring (bicyclic) bond motifs is 1. The van der Waals surface area contributed by atoms with Gasteiger partial charge < -0.3 is 9.30 Å². The Kier molecular flexibility index (Phi) is 4.92. The van der Waals surface area contributed by atoms with Crippen molar-refractivity contribution in [3.05, 3.63) is 70.2 Å². The molecule has 5 nitrogen and oxygen atoms in total. The van der Waals surface area contributed by atoms with Crippen molar-refractivity contribution < 1.29 is 4.74 Å². The lowest BCUT2D eigenvalue weighted by molar-refractivity contribution is 0.0971. The predicted octanol–water partition coefficient (Wildman–Crippen LogP) is 3.63. The van der Waals surface area contributed by atoms with Crippen LogP contribution in [0.4, 0.5) is 0 Å². The minimum absolute atomic E-state index is 0.324. The summed E-state index contributed by atoms with van der Waals surface area (Å²) in [5.41, 5.74) is 2.30. The molecule has 1 unspecified atom stereocenters. The van der Waals surface area contributed by atoms with Crippen molar-refractivity contribution in [3.8, 4) is 0 Å². The van der Waals surface area contributed by atoms with Crippen molar-refractivity contribution in [3.63, 3.8) is 0 Å². The highest BCUT2D eigenvalue weighted by atomic mass is 32.1. The molecule has 3 aromatic rings. The van der Waals surface area contributed by atoms with Crippen molar-refractivity contribution in [1.29, 1.82) is 0 Å². The zero-order chi connectivity index (χ0) is 17.1. The lowest BCUT2D eigenvalue weighted by Crippen LogP contribution is -2.36. The normalized spacial score (nSPS) is 17.6. The SMILES string of the molecule is CC1c2ncc(COCc3ccncc3)n2CCN1Cc1cccs1. The average Bonchev–Trinajstić information content (AvgIpc) is 3.29. The second-order valence-electron chi connectivity index (χ2n) is 6.33. The molecule has 0 spiro atoms. The smallest absolute Gasteiger partial charge is 0.126 e. The molecule has 4 heterocycles. The Morgan fingerprint density at radius 2 is 2.08 bits per heavy atom. The molecule has 0 saturated heterocycles. The van der Waals surface area contributed by atoms with Crippen LogP contribution in [0.3, 0.4) is 0 Å². The van der Waals surface area contributed by atoms with Gasteiger partial charge >= 0.3 is 0 Å². The molecule has 0 aromatic carbocycles. The molecule has 1 aliphatic heterocycles. The fraction of sp³-hybridized carbons (Fsp3) is 0.368. The number of hydrogen-bond acceptors (Lipinski definition) is 5. The van der Waals surface area contributed by atoms with Gasteiger partial charge in [-0.05, 0) is 36.1 Å². The van der Waals surface area contributed by atoms with E-state index in [4.69, 9.17) is 4.74 Å². The number of ether oxygens (including phenoxy) is 1. The summed E-state index contributed by atoms with van der Waals surface area (Å²) >= 11 is 1.82. The first-order chi connectivity index (χ1) is 12.3. The van der Waals surface area contributed by atoms with Crippen LogP contribution in [0.2, 0.25) is 0 Å². The van der Waals surface area contributed by atoms with E-state index in [-0.39, 0.29) is 0 Å². The monoisotopic (exact) mass is 354 g/mol. The van der Waals surface area contributed by atoms with Crippen LogP contribution in [-0.4, -0.2) is 26.0 Å². The van der Waals surface area contributed by atoms with E-state index < -0.39 is 0 Å². The van der Waals surface area contributed by atoms with E-state index in [0.29, 0.717) is 19.3 Å². The Morgan fingerprint density at radius 3 is 2.88 bits per heavy atom. The number of thiophene rings is 1. The molecule has 25 heavy (non-hydrogen) atoms. The Bertz CT molecular complexity index is 800. The lowest BCUT2D eigenvalue weighted by atomic mass is 10.2. The van der Waals surface area contributed by atoms with E-state index in [1.54, 1.807) is 12.4 Å². The fourth-order valence-corrected chi connectivity index (χ4v) is 4.02. The molecule has 0 fully saturated rings. The Labute approximate surface area is 151 Å². The van der Waals surface area contributed by atoms with Crippen LogP contribution in [0.1, 0.15) is 34.9 Å². The van der Waals surface area contributed by atoms with E-state index in [1.807, 2.05) is 29.7 Å². The molecule has 0 N–H and O–H groups in total. The average molecular weight is 354 g/mol. The van der Waals surface area contributed by atoms with Crippen LogP contribution in [-0.2, 0) is 31.0 Å². The van der Waals surface area contributed by atoms with Crippen LogP contribution in [0.25, 0.3) is 0 Å². The zero-order valence-electron chi connectivity index (χ0n) is 14.3. The molecule has 130 valence electrons. The van der Waals surface area contributed by atoms with E-state index in [2.05, 4.69) is 43.9 Å². The van der Waals surface area contributed by atoms with E-state index >= 15 is 0 Å². The summed E-state index contributed by atoms with van der Waals surface area (Å²) in [5, 5.41) is 2.14. The van der Waals surface area contributed by atoms with E-state index in [9.17, 15) is 0 Å². The molecule has 3 aromatic heterocycles. The molecule has 0 bridgehead atoms. The number of aromatic nitrogens is 3. The molecule has 0 amide bonds. The molecule has 0 aliphatic carbocycles. The van der Waals surface area contributed by atoms with Gasteiger partial charge in [-0.15, -0.1) is 11.3 Å². The van der Waals surface area contributed by atoms with Crippen molar-refractivity contribution in [2.45, 2.75) is 39.3 Å². The fourth-order valence-electron chi connectivity index (χ4n) is 3.29. The first-order valence-electron chi connectivity index (χ1n) is 8.58. The molecule has 1 atom stereocenters. The van der Waals surface area contributed by atoms with Crippen LogP contribution in [0.5, 0.6) is 0 Å². The third-order valence-corrected chi connectivity index (χ3v) is 5.57. The zero-order valence-corrected chi connectivity index (χ0v) is 15.2. The summed E-state index contributed by atoms with van der Waals surface area (Å²) in [6.07, 6.45) is 5.56. The minimum atomic E-state index is 0.324. The summed E-state index contributed by atoms with van der Waals surface area (Å²) in [7, 11) is 0. The quantitative estimate of drug-likeness (QED) is 0.678. The van der Waals surface area contributed by atoms with E-state index in [1.165, 1.54) is 4.88 Å². The van der Waals surface area contributed by atoms with Gasteiger partial charge in [0.15, 0.2) is 0 Å². The Morgan fingerprint density at radius 1 is 1.20 bits per heavy atom. The number of rotatable bonds is 6. The first-order valence-corrected chi connectivity index (χ1v) is 9.46. The van der Waals surface area contributed by atoms with Crippen LogP contribution in [0, 0.1) is 0 Å². The van der Waals surface area contributed by atoms with Gasteiger partial charge in [-0.3, -0.25) is 9.88 Å². The lowest BCUT2D eigenvalue weighted by Gasteiger charge is -2.34. The summed E-state index contributed by atoms with van der Waals surface area (Å²) in [6, 6.07) is 8.61. The third-order valence-electron chi connectivity index (χ3n) is 4.71. The highest BCUT2D eigenvalue weighted by molar-refractivity contribution is 7.09. The molecule has 0 saturated carbocycles. The molecule has 4 rings (SSSR count). The number of nitrogens with zero attached hydrogens (tertiary/aromatic N) is 4. The molecule has 0 radical (unpaired) electrons. The number of hydrogen-bond donors (Lipinski definition) is 0. The highest BCUT2D eigenvalue weighted by Crippen LogP contribution is 2.28. The summed E-state index contributed by atoms with van der Waals surface area (Å²) in [6.45, 7) is 6.45. The van der Waals surface area contributed by atoms with Crippen molar-refractivity contribution in [2.75, 3.05) is 6.54 Å². The van der Waals surface area contributed by atoms with Crippen LogP contribution >= 0.6 is 11.3 Å². The third kappa shape index (κ3) is 3.66. The van der Waals surface area contributed by atoms with Gasteiger partial charge in [0.1, 0.15) is 5.82 Å². The number of pyridine rings is 1. The van der Waals surface area contributed by atoms with Crippen molar-refractivity contribution in [2.24, 2.45) is 0 Å². The maximum Gasteiger partial charge on any atom is 0.126 e. The first kappa shape index (κ1) is 16.4. The largest absolute Gasteiger partial charge is 0.370 e. The van der Waals surface area contributed by atoms with Gasteiger partial charge in [0, 0.05) is 36.9 Å². The predicted molar refractivity (Wildman–Crippen MR) is 98.1 cm³/mol. The van der Waals surface area contributed by atoms with Gasteiger partial charge in [-0.2, -0.15) is 0 Å². The van der Waals surface area contributed by atoms with Gasteiger partial charge in [0.2, 0.25) is 0 Å². The minimum Gasteiger partial charge on any atom is -0.370 e. The summed E-state index contributed by atoms with van der Waals surface area (Å²) in [4.78, 5) is 12.6. The number of imidazole rings is 1. The van der Waals surface area contributed by atoms with Gasteiger partial charge in [0.25, 0.3) is 0 Å².